The second-order valence-electron chi connectivity index (χ2n) is 6.73. The van der Waals surface area contributed by atoms with Crippen LogP contribution in [0.2, 0.25) is 0 Å². The summed E-state index contributed by atoms with van der Waals surface area (Å²) < 4.78 is 4.62. The zero-order valence-electron chi connectivity index (χ0n) is 15.5. The van der Waals surface area contributed by atoms with Gasteiger partial charge < -0.3 is 4.74 Å². The summed E-state index contributed by atoms with van der Waals surface area (Å²) in [4.78, 5) is 23.1. The quantitative estimate of drug-likeness (QED) is 0.273. The van der Waals surface area contributed by atoms with E-state index in [9.17, 15) is 9.59 Å². The van der Waals surface area contributed by atoms with Crippen molar-refractivity contribution in [3.8, 4) is 0 Å². The van der Waals surface area contributed by atoms with Gasteiger partial charge in [0.1, 0.15) is 5.78 Å². The molecule has 0 amide bonds. The SMILES string of the molecule is CCCCCC/C=C/[C@H]1CCC(=O)[C@@H]1C/C=C\CCCC(=O)OC. The molecule has 1 rings (SSSR count). The maximum Gasteiger partial charge on any atom is 0.305 e. The van der Waals surface area contributed by atoms with Crippen LogP contribution in [0.15, 0.2) is 24.3 Å². The first-order valence-corrected chi connectivity index (χ1v) is 9.60. The maximum absolute atomic E-state index is 12.1. The smallest absolute Gasteiger partial charge is 0.305 e. The fourth-order valence-electron chi connectivity index (χ4n) is 3.26. The fraction of sp³-hybridized carbons (Fsp3) is 0.714. The van der Waals surface area contributed by atoms with E-state index in [1.165, 1.54) is 32.8 Å². The predicted octanol–water partition coefficient (Wildman–Crippen LogP) is 5.40. The summed E-state index contributed by atoms with van der Waals surface area (Å²) in [6.07, 6.45) is 19.8. The van der Waals surface area contributed by atoms with Crippen molar-refractivity contribution in [3.05, 3.63) is 24.3 Å². The summed E-state index contributed by atoms with van der Waals surface area (Å²) in [5.41, 5.74) is 0. The van der Waals surface area contributed by atoms with Crippen LogP contribution in [0.3, 0.4) is 0 Å². The maximum atomic E-state index is 12.1. The summed E-state index contributed by atoms with van der Waals surface area (Å²) in [5.74, 6) is 0.838. The van der Waals surface area contributed by atoms with Crippen molar-refractivity contribution in [3.63, 3.8) is 0 Å². The van der Waals surface area contributed by atoms with Gasteiger partial charge in [-0.15, -0.1) is 0 Å². The highest BCUT2D eigenvalue weighted by Crippen LogP contribution is 2.32. The van der Waals surface area contributed by atoms with Crippen LogP contribution >= 0.6 is 0 Å². The first-order chi connectivity index (χ1) is 11.7. The van der Waals surface area contributed by atoms with Crippen LogP contribution in [0, 0.1) is 11.8 Å². The second-order valence-corrected chi connectivity index (χ2v) is 6.73. The van der Waals surface area contributed by atoms with Gasteiger partial charge in [0.05, 0.1) is 7.11 Å². The van der Waals surface area contributed by atoms with Crippen LogP contribution in [-0.2, 0) is 14.3 Å². The lowest BCUT2D eigenvalue weighted by atomic mass is 9.91. The highest BCUT2D eigenvalue weighted by molar-refractivity contribution is 5.83. The van der Waals surface area contributed by atoms with E-state index < -0.39 is 0 Å². The van der Waals surface area contributed by atoms with Crippen molar-refractivity contribution in [2.45, 2.75) is 77.6 Å². The molecule has 2 atom stereocenters. The zero-order chi connectivity index (χ0) is 17.6. The summed E-state index contributed by atoms with van der Waals surface area (Å²) in [6.45, 7) is 2.23. The van der Waals surface area contributed by atoms with Crippen LogP contribution in [0.25, 0.3) is 0 Å². The van der Waals surface area contributed by atoms with Crippen LogP contribution in [0.1, 0.15) is 77.6 Å². The molecule has 0 N–H and O–H groups in total. The Bertz CT molecular complexity index is 423. The van der Waals surface area contributed by atoms with Crippen molar-refractivity contribution in [1.82, 2.24) is 0 Å². The Balaban J connectivity index is 2.26. The van der Waals surface area contributed by atoms with E-state index in [0.717, 1.165) is 38.5 Å². The molecule has 0 aliphatic heterocycles. The molecule has 1 aliphatic carbocycles. The lowest BCUT2D eigenvalue weighted by Crippen LogP contribution is -2.12. The van der Waals surface area contributed by atoms with E-state index in [-0.39, 0.29) is 11.9 Å². The summed E-state index contributed by atoms with van der Waals surface area (Å²) in [7, 11) is 1.42. The van der Waals surface area contributed by atoms with Gasteiger partial charge in [-0.1, -0.05) is 50.5 Å². The highest BCUT2D eigenvalue weighted by Gasteiger charge is 2.31. The normalized spacial score (nSPS) is 21.2. The van der Waals surface area contributed by atoms with E-state index in [1.807, 2.05) is 0 Å². The molecule has 0 aromatic heterocycles. The Kier molecular flexibility index (Phi) is 11.2. The van der Waals surface area contributed by atoms with Gasteiger partial charge in [0, 0.05) is 18.8 Å². The summed E-state index contributed by atoms with van der Waals surface area (Å²) >= 11 is 0. The number of esters is 1. The molecule has 0 unspecified atom stereocenters. The Hall–Kier alpha value is -1.38. The van der Waals surface area contributed by atoms with E-state index in [4.69, 9.17) is 0 Å². The van der Waals surface area contributed by atoms with Crippen LogP contribution in [0.5, 0.6) is 0 Å². The minimum Gasteiger partial charge on any atom is -0.469 e. The number of carbonyl (C=O) groups is 2. The molecule has 1 saturated carbocycles. The number of Topliss-reactive ketones (excluding diaryl/α,β-unsaturated/α-hetero) is 1. The average molecular weight is 335 g/mol. The standard InChI is InChI=1S/C21H34O3/c1-3-4-5-6-7-10-13-18-16-17-20(22)19(18)14-11-8-9-12-15-21(23)24-2/h8,10-11,13,18-19H,3-7,9,12,14-17H2,1-2H3/b11-8-,13-10+/t18-,19+/m0/s1. The number of allylic oxidation sites excluding steroid dienone is 4. The van der Waals surface area contributed by atoms with Gasteiger partial charge in [-0.05, 0) is 44.4 Å². The Labute approximate surface area is 147 Å². The molecule has 24 heavy (non-hydrogen) atoms. The Morgan fingerprint density at radius 3 is 2.67 bits per heavy atom. The molecule has 0 aromatic carbocycles. The number of hydrogen-bond acceptors (Lipinski definition) is 3. The van der Waals surface area contributed by atoms with Gasteiger partial charge in [0.25, 0.3) is 0 Å². The molecule has 136 valence electrons. The lowest BCUT2D eigenvalue weighted by Gasteiger charge is -2.12. The van der Waals surface area contributed by atoms with Crippen LogP contribution in [0.4, 0.5) is 0 Å². The molecular weight excluding hydrogens is 300 g/mol. The number of carbonyl (C=O) groups excluding carboxylic acids is 2. The van der Waals surface area contributed by atoms with Crippen molar-refractivity contribution in [2.24, 2.45) is 11.8 Å². The molecule has 0 heterocycles. The lowest BCUT2D eigenvalue weighted by molar-refractivity contribution is -0.140. The summed E-state index contributed by atoms with van der Waals surface area (Å²) in [5, 5.41) is 0. The number of ether oxygens (including phenoxy) is 1. The molecule has 1 aliphatic rings. The van der Waals surface area contributed by atoms with Crippen LogP contribution in [-0.4, -0.2) is 18.9 Å². The van der Waals surface area contributed by atoms with Gasteiger partial charge in [-0.25, -0.2) is 0 Å². The molecule has 0 radical (unpaired) electrons. The topological polar surface area (TPSA) is 43.4 Å². The van der Waals surface area contributed by atoms with Crippen molar-refractivity contribution in [2.75, 3.05) is 7.11 Å². The predicted molar refractivity (Wildman–Crippen MR) is 98.7 cm³/mol. The second kappa shape index (κ2) is 13.0. The monoisotopic (exact) mass is 334 g/mol. The molecule has 0 saturated heterocycles. The first kappa shape index (κ1) is 20.7. The molecule has 3 nitrogen and oxygen atoms in total. The first-order valence-electron chi connectivity index (χ1n) is 9.60. The summed E-state index contributed by atoms with van der Waals surface area (Å²) in [6, 6.07) is 0. The van der Waals surface area contributed by atoms with E-state index in [2.05, 4.69) is 36.0 Å². The third-order valence-corrected chi connectivity index (χ3v) is 4.80. The number of hydrogen-bond donors (Lipinski definition) is 0. The number of ketones is 1. The van der Waals surface area contributed by atoms with Gasteiger partial charge in [-0.2, -0.15) is 0 Å². The van der Waals surface area contributed by atoms with Crippen molar-refractivity contribution < 1.29 is 14.3 Å². The average Bonchev–Trinajstić information content (AvgIpc) is 2.94. The third-order valence-electron chi connectivity index (χ3n) is 4.80. The van der Waals surface area contributed by atoms with Gasteiger partial charge in [-0.3, -0.25) is 9.59 Å². The third kappa shape index (κ3) is 8.47. The number of unbranched alkanes of at least 4 members (excludes halogenated alkanes) is 5. The molecule has 0 spiro atoms. The van der Waals surface area contributed by atoms with E-state index in [0.29, 0.717) is 18.1 Å². The minimum absolute atomic E-state index is 0.154. The number of methoxy groups -OCH3 is 1. The van der Waals surface area contributed by atoms with Gasteiger partial charge in [0.15, 0.2) is 0 Å². The zero-order valence-corrected chi connectivity index (χ0v) is 15.5. The molecular formula is C21H34O3. The van der Waals surface area contributed by atoms with E-state index in [1.54, 1.807) is 0 Å². The Morgan fingerprint density at radius 2 is 1.92 bits per heavy atom. The van der Waals surface area contributed by atoms with Crippen molar-refractivity contribution in [1.29, 1.82) is 0 Å². The Morgan fingerprint density at radius 1 is 1.12 bits per heavy atom. The van der Waals surface area contributed by atoms with Crippen molar-refractivity contribution >= 4 is 11.8 Å². The number of rotatable bonds is 12. The minimum atomic E-state index is -0.154. The van der Waals surface area contributed by atoms with Crippen LogP contribution < -0.4 is 0 Å². The highest BCUT2D eigenvalue weighted by atomic mass is 16.5. The molecule has 3 heteroatoms. The van der Waals surface area contributed by atoms with E-state index >= 15 is 0 Å². The van der Waals surface area contributed by atoms with Gasteiger partial charge in [0.2, 0.25) is 0 Å². The van der Waals surface area contributed by atoms with Gasteiger partial charge >= 0.3 is 5.97 Å². The molecule has 1 fully saturated rings. The molecule has 0 bridgehead atoms. The molecule has 0 aromatic rings. The fourth-order valence-corrected chi connectivity index (χ4v) is 3.26. The largest absolute Gasteiger partial charge is 0.469 e.